The third-order valence-corrected chi connectivity index (χ3v) is 5.47. The lowest BCUT2D eigenvalue weighted by Gasteiger charge is -2.42. The minimum atomic E-state index is -4.48. The van der Waals surface area contributed by atoms with Crippen LogP contribution < -0.4 is 15.4 Å². The zero-order valence-electron chi connectivity index (χ0n) is 18.2. The molecule has 3 amide bonds. The number of amides is 3. The van der Waals surface area contributed by atoms with E-state index in [2.05, 4.69) is 5.32 Å². The van der Waals surface area contributed by atoms with E-state index in [-0.39, 0.29) is 43.1 Å². The van der Waals surface area contributed by atoms with Crippen molar-refractivity contribution in [1.82, 2.24) is 10.2 Å². The number of hydrogen-bond donors (Lipinski definition) is 2. The van der Waals surface area contributed by atoms with Crippen molar-refractivity contribution in [3.8, 4) is 5.75 Å². The molecule has 0 saturated carbocycles. The highest BCUT2D eigenvalue weighted by Gasteiger charge is 2.39. The highest BCUT2D eigenvalue weighted by atomic mass is 19.4. The van der Waals surface area contributed by atoms with Gasteiger partial charge < -0.3 is 29.7 Å². The molecule has 0 radical (unpaired) electrons. The predicted octanol–water partition coefficient (Wildman–Crippen LogP) is 1.72. The number of ether oxygens (including phenoxy) is 3. The molecule has 1 saturated heterocycles. The van der Waals surface area contributed by atoms with E-state index >= 15 is 0 Å². The van der Waals surface area contributed by atoms with Gasteiger partial charge in [0.2, 0.25) is 11.8 Å². The second-order valence-electron chi connectivity index (χ2n) is 7.96. The molecule has 2 aliphatic rings. The Morgan fingerprint density at radius 3 is 2.70 bits per heavy atom. The fraction of sp³-hybridized carbons (Fsp3) is 0.571. The second kappa shape index (κ2) is 10.4. The topological polar surface area (TPSA) is 106 Å². The predicted molar refractivity (Wildman–Crippen MR) is 110 cm³/mol. The Bertz CT molecular complexity index is 894. The van der Waals surface area contributed by atoms with Crippen molar-refractivity contribution in [1.29, 1.82) is 0 Å². The zero-order chi connectivity index (χ0) is 24.2. The van der Waals surface area contributed by atoms with E-state index in [1.807, 2.05) is 5.32 Å². The maximum Gasteiger partial charge on any atom is 0.405 e. The number of likely N-dealkylation sites (N-methyl/N-ethyl adjacent to an activating group) is 1. The summed E-state index contributed by atoms with van der Waals surface area (Å²) in [5.41, 5.74) is 0.697. The summed E-state index contributed by atoms with van der Waals surface area (Å²) >= 11 is 0. The number of nitrogens with zero attached hydrogens (tertiary/aromatic N) is 1. The maximum atomic E-state index is 13.1. The summed E-state index contributed by atoms with van der Waals surface area (Å²) in [5, 5.41) is 4.48. The van der Waals surface area contributed by atoms with Crippen LogP contribution >= 0.6 is 0 Å². The standard InChI is InChI=1S/C21H26F3N3O6/c1-27-15-5-4-13(8-18(28)25-11-21(22,23)24)33-17(15)9-32-16-6-3-12(7-14(16)20(27)30)26-19(29)10-31-2/h3,6-7,13,15,17H,4-5,8-11H2,1-2H3,(H,25,28)(H,26,29)/t13-,15-,17-/m1/s1. The van der Waals surface area contributed by atoms with Crippen molar-refractivity contribution < 1.29 is 41.8 Å². The Morgan fingerprint density at radius 2 is 2.00 bits per heavy atom. The van der Waals surface area contributed by atoms with Gasteiger partial charge in [0.1, 0.15) is 31.6 Å². The lowest BCUT2D eigenvalue weighted by atomic mass is 9.94. The number of carbonyl (C=O) groups is 3. The normalized spacial score (nSPS) is 22.9. The molecular weight excluding hydrogens is 447 g/mol. The summed E-state index contributed by atoms with van der Waals surface area (Å²) in [6.45, 7) is -1.43. The largest absolute Gasteiger partial charge is 0.490 e. The van der Waals surface area contributed by atoms with Gasteiger partial charge >= 0.3 is 6.18 Å². The molecule has 2 aliphatic heterocycles. The summed E-state index contributed by atoms with van der Waals surface area (Å²) in [4.78, 5) is 38.3. The van der Waals surface area contributed by atoms with Crippen molar-refractivity contribution >= 4 is 23.4 Å². The van der Waals surface area contributed by atoms with E-state index < -0.39 is 30.8 Å². The molecule has 0 unspecified atom stereocenters. The number of alkyl halides is 3. The molecule has 0 spiro atoms. The number of hydrogen-bond acceptors (Lipinski definition) is 6. The van der Waals surface area contributed by atoms with E-state index in [0.717, 1.165) is 0 Å². The molecule has 182 valence electrons. The molecule has 33 heavy (non-hydrogen) atoms. The fourth-order valence-corrected chi connectivity index (χ4v) is 3.91. The minimum absolute atomic E-state index is 0.0886. The van der Waals surface area contributed by atoms with Crippen LogP contribution in [-0.2, 0) is 19.1 Å². The van der Waals surface area contributed by atoms with Crippen LogP contribution in [0.1, 0.15) is 29.6 Å². The Hall–Kier alpha value is -2.86. The summed E-state index contributed by atoms with van der Waals surface area (Å²) in [5.74, 6) is -1.13. The Balaban J connectivity index is 1.67. The zero-order valence-corrected chi connectivity index (χ0v) is 18.2. The van der Waals surface area contributed by atoms with Crippen molar-refractivity contribution in [2.45, 2.75) is 43.7 Å². The maximum absolute atomic E-state index is 13.1. The van der Waals surface area contributed by atoms with Crippen LogP contribution in [-0.4, -0.2) is 81.0 Å². The lowest BCUT2D eigenvalue weighted by Crippen LogP contribution is -2.54. The Kier molecular flexibility index (Phi) is 7.80. The number of carbonyl (C=O) groups excluding carboxylic acids is 3. The van der Waals surface area contributed by atoms with E-state index in [0.29, 0.717) is 24.3 Å². The van der Waals surface area contributed by atoms with Gasteiger partial charge in [0.25, 0.3) is 5.91 Å². The van der Waals surface area contributed by atoms with E-state index in [9.17, 15) is 27.6 Å². The third kappa shape index (κ3) is 6.57. The first-order valence-electron chi connectivity index (χ1n) is 10.4. The van der Waals surface area contributed by atoms with Crippen LogP contribution in [0.3, 0.4) is 0 Å². The van der Waals surface area contributed by atoms with Crippen molar-refractivity contribution in [3.05, 3.63) is 23.8 Å². The average Bonchev–Trinajstić information content (AvgIpc) is 2.75. The smallest absolute Gasteiger partial charge is 0.405 e. The molecule has 1 aromatic carbocycles. The molecule has 0 aromatic heterocycles. The van der Waals surface area contributed by atoms with Crippen LogP contribution in [0.25, 0.3) is 0 Å². The van der Waals surface area contributed by atoms with Gasteiger partial charge in [-0.25, -0.2) is 0 Å². The summed E-state index contributed by atoms with van der Waals surface area (Å²) in [6.07, 6.45) is -4.93. The quantitative estimate of drug-likeness (QED) is 0.652. The summed E-state index contributed by atoms with van der Waals surface area (Å²) < 4.78 is 53.4. The first-order chi connectivity index (χ1) is 15.6. The first kappa shape index (κ1) is 24.8. The van der Waals surface area contributed by atoms with E-state index in [4.69, 9.17) is 14.2 Å². The molecule has 1 fully saturated rings. The van der Waals surface area contributed by atoms with Gasteiger partial charge in [0.15, 0.2) is 0 Å². The van der Waals surface area contributed by atoms with Crippen molar-refractivity contribution in [2.75, 3.05) is 39.2 Å². The minimum Gasteiger partial charge on any atom is -0.490 e. The van der Waals surface area contributed by atoms with Gasteiger partial charge in [-0.2, -0.15) is 13.2 Å². The number of rotatable bonds is 6. The monoisotopic (exact) mass is 473 g/mol. The lowest BCUT2D eigenvalue weighted by molar-refractivity contribution is -0.144. The number of nitrogens with one attached hydrogen (secondary N) is 2. The first-order valence-corrected chi connectivity index (χ1v) is 10.4. The van der Waals surface area contributed by atoms with Crippen molar-refractivity contribution in [3.63, 3.8) is 0 Å². The number of methoxy groups -OCH3 is 1. The van der Waals surface area contributed by atoms with Crippen LogP contribution in [0.5, 0.6) is 5.75 Å². The SMILES string of the molecule is COCC(=O)Nc1ccc2c(c1)C(=O)N(C)[C@@H]1CC[C@H](CC(=O)NCC(F)(F)F)O[C@@H]1CO2. The van der Waals surface area contributed by atoms with Gasteiger partial charge in [-0.1, -0.05) is 0 Å². The highest BCUT2D eigenvalue weighted by molar-refractivity contribution is 6.00. The molecule has 9 nitrogen and oxygen atoms in total. The van der Waals surface area contributed by atoms with E-state index in [1.165, 1.54) is 18.1 Å². The Morgan fingerprint density at radius 1 is 1.24 bits per heavy atom. The summed E-state index contributed by atoms with van der Waals surface area (Å²) in [6, 6.07) is 4.34. The van der Waals surface area contributed by atoms with Gasteiger partial charge in [0.05, 0.1) is 24.1 Å². The van der Waals surface area contributed by atoms with Gasteiger partial charge in [-0.15, -0.1) is 0 Å². The molecular formula is C21H26F3N3O6. The van der Waals surface area contributed by atoms with Gasteiger partial charge in [-0.05, 0) is 31.0 Å². The molecule has 3 rings (SSSR count). The van der Waals surface area contributed by atoms with Crippen LogP contribution in [0.4, 0.5) is 18.9 Å². The Labute approximate surface area is 188 Å². The van der Waals surface area contributed by atoms with Gasteiger partial charge in [0, 0.05) is 19.8 Å². The van der Waals surface area contributed by atoms with Crippen LogP contribution in [0.2, 0.25) is 0 Å². The molecule has 3 atom stereocenters. The number of benzene rings is 1. The molecule has 12 heteroatoms. The molecule has 0 aliphatic carbocycles. The fourth-order valence-electron chi connectivity index (χ4n) is 3.91. The van der Waals surface area contributed by atoms with Gasteiger partial charge in [-0.3, -0.25) is 14.4 Å². The summed E-state index contributed by atoms with van der Waals surface area (Å²) in [7, 11) is 3.03. The number of fused-ring (bicyclic) bond motifs is 2. The molecule has 2 N–H and O–H groups in total. The highest BCUT2D eigenvalue weighted by Crippen LogP contribution is 2.32. The molecule has 2 heterocycles. The van der Waals surface area contributed by atoms with E-state index in [1.54, 1.807) is 19.2 Å². The van der Waals surface area contributed by atoms with Crippen LogP contribution in [0, 0.1) is 0 Å². The number of halogens is 3. The average molecular weight is 473 g/mol. The van der Waals surface area contributed by atoms with Crippen molar-refractivity contribution in [2.24, 2.45) is 0 Å². The molecule has 1 aromatic rings. The second-order valence-corrected chi connectivity index (χ2v) is 7.96. The molecule has 0 bridgehead atoms. The van der Waals surface area contributed by atoms with Crippen LogP contribution in [0.15, 0.2) is 18.2 Å². The third-order valence-electron chi connectivity index (χ3n) is 5.47. The number of anilines is 1.